The van der Waals surface area contributed by atoms with Crippen LogP contribution >= 0.6 is 0 Å². The van der Waals surface area contributed by atoms with E-state index in [1.807, 2.05) is 32.9 Å². The summed E-state index contributed by atoms with van der Waals surface area (Å²) in [5.74, 6) is -0.423. The van der Waals surface area contributed by atoms with E-state index in [2.05, 4.69) is 10.6 Å². The lowest BCUT2D eigenvalue weighted by Crippen LogP contribution is -2.39. The van der Waals surface area contributed by atoms with Crippen LogP contribution < -0.4 is 10.6 Å². The fourth-order valence-electron chi connectivity index (χ4n) is 2.63. The zero-order valence-electron chi connectivity index (χ0n) is 16.0. The number of halogens is 1. The van der Waals surface area contributed by atoms with Crippen LogP contribution in [0.2, 0.25) is 0 Å². The molecule has 0 heterocycles. The minimum absolute atomic E-state index is 0.0723. The molecule has 0 radical (unpaired) electrons. The van der Waals surface area contributed by atoms with Gasteiger partial charge < -0.3 is 15.5 Å². The molecule has 0 unspecified atom stereocenters. The lowest BCUT2D eigenvalue weighted by Gasteiger charge is -2.21. The quantitative estimate of drug-likeness (QED) is 0.780. The summed E-state index contributed by atoms with van der Waals surface area (Å²) in [5.41, 5.74) is 2.21. The Morgan fingerprint density at radius 1 is 1.07 bits per heavy atom. The second-order valence-corrected chi connectivity index (χ2v) is 6.63. The van der Waals surface area contributed by atoms with E-state index in [1.54, 1.807) is 29.2 Å². The predicted octanol–water partition coefficient (Wildman–Crippen LogP) is 3.70. The molecule has 0 aliphatic rings. The zero-order chi connectivity index (χ0) is 19.8. The van der Waals surface area contributed by atoms with Crippen LogP contribution in [0.3, 0.4) is 0 Å². The van der Waals surface area contributed by atoms with Gasteiger partial charge in [0.1, 0.15) is 5.82 Å². The molecule has 0 aromatic heterocycles. The standard InChI is InChI=1S/C21H26FN3O2/c1-4-25(14-17-6-5-7-19(22)12-17)20(26)18-10-8-16(9-11-18)13-23-21(27)24-15(2)3/h5-12,15H,4,13-14H2,1-3H3,(H2,23,24,27). The molecule has 0 atom stereocenters. The van der Waals surface area contributed by atoms with Crippen LogP contribution in [0.25, 0.3) is 0 Å². The highest BCUT2D eigenvalue weighted by Crippen LogP contribution is 2.12. The summed E-state index contributed by atoms with van der Waals surface area (Å²) in [5, 5.41) is 5.52. The Kier molecular flexibility index (Phi) is 7.34. The number of hydrogen-bond acceptors (Lipinski definition) is 2. The van der Waals surface area contributed by atoms with Crippen LogP contribution in [-0.4, -0.2) is 29.4 Å². The number of carbonyl (C=O) groups excluding carboxylic acids is 2. The number of nitrogens with one attached hydrogen (secondary N) is 2. The maximum atomic E-state index is 13.4. The van der Waals surface area contributed by atoms with Gasteiger partial charge in [0.15, 0.2) is 0 Å². The summed E-state index contributed by atoms with van der Waals surface area (Å²) >= 11 is 0. The third kappa shape index (κ3) is 6.40. The number of carbonyl (C=O) groups is 2. The first-order chi connectivity index (χ1) is 12.9. The summed E-state index contributed by atoms with van der Waals surface area (Å²) in [6, 6.07) is 13.2. The minimum Gasteiger partial charge on any atom is -0.336 e. The Morgan fingerprint density at radius 3 is 2.37 bits per heavy atom. The first-order valence-electron chi connectivity index (χ1n) is 9.06. The highest BCUT2D eigenvalue weighted by molar-refractivity contribution is 5.94. The SMILES string of the molecule is CCN(Cc1cccc(F)c1)C(=O)c1ccc(CNC(=O)NC(C)C)cc1. The summed E-state index contributed by atoms with van der Waals surface area (Å²) < 4.78 is 13.4. The van der Waals surface area contributed by atoms with E-state index in [4.69, 9.17) is 0 Å². The summed E-state index contributed by atoms with van der Waals surface area (Å²) in [6.45, 7) is 6.93. The third-order valence-electron chi connectivity index (χ3n) is 4.01. The zero-order valence-corrected chi connectivity index (χ0v) is 16.0. The molecule has 2 rings (SSSR count). The van der Waals surface area contributed by atoms with Crippen LogP contribution in [0.4, 0.5) is 9.18 Å². The number of hydrogen-bond donors (Lipinski definition) is 2. The molecule has 0 spiro atoms. The molecule has 6 heteroatoms. The topological polar surface area (TPSA) is 61.4 Å². The monoisotopic (exact) mass is 371 g/mol. The molecule has 2 aromatic rings. The highest BCUT2D eigenvalue weighted by atomic mass is 19.1. The number of amides is 3. The molecule has 144 valence electrons. The van der Waals surface area contributed by atoms with E-state index < -0.39 is 0 Å². The number of benzene rings is 2. The van der Waals surface area contributed by atoms with Crippen LogP contribution in [0, 0.1) is 5.82 Å². The van der Waals surface area contributed by atoms with Crippen LogP contribution in [0.1, 0.15) is 42.3 Å². The summed E-state index contributed by atoms with van der Waals surface area (Å²) in [7, 11) is 0. The molecule has 3 amide bonds. The molecule has 5 nitrogen and oxygen atoms in total. The number of urea groups is 1. The number of nitrogens with zero attached hydrogens (tertiary/aromatic N) is 1. The van der Waals surface area contributed by atoms with Crippen molar-refractivity contribution in [3.05, 3.63) is 71.0 Å². The van der Waals surface area contributed by atoms with Gasteiger partial charge in [0.2, 0.25) is 0 Å². The van der Waals surface area contributed by atoms with Gasteiger partial charge in [-0.1, -0.05) is 24.3 Å². The molecule has 27 heavy (non-hydrogen) atoms. The van der Waals surface area contributed by atoms with Crippen molar-refractivity contribution < 1.29 is 14.0 Å². The molecular weight excluding hydrogens is 345 g/mol. The van der Waals surface area contributed by atoms with Crippen molar-refractivity contribution >= 4 is 11.9 Å². The Bertz CT molecular complexity index is 775. The van der Waals surface area contributed by atoms with Crippen molar-refractivity contribution in [2.75, 3.05) is 6.54 Å². The average molecular weight is 371 g/mol. The largest absolute Gasteiger partial charge is 0.336 e. The molecule has 0 aliphatic heterocycles. The van der Waals surface area contributed by atoms with Crippen molar-refractivity contribution in [2.24, 2.45) is 0 Å². The lowest BCUT2D eigenvalue weighted by atomic mass is 10.1. The Balaban J connectivity index is 1.97. The Morgan fingerprint density at radius 2 is 1.78 bits per heavy atom. The van der Waals surface area contributed by atoms with Gasteiger partial charge in [0.05, 0.1) is 0 Å². The Labute approximate surface area is 159 Å². The number of rotatable bonds is 7. The maximum absolute atomic E-state index is 13.4. The highest BCUT2D eigenvalue weighted by Gasteiger charge is 2.15. The smallest absolute Gasteiger partial charge is 0.315 e. The molecule has 0 fully saturated rings. The average Bonchev–Trinajstić information content (AvgIpc) is 2.64. The van der Waals surface area contributed by atoms with Crippen molar-refractivity contribution in [3.8, 4) is 0 Å². The first kappa shape index (κ1) is 20.4. The van der Waals surface area contributed by atoms with Gasteiger partial charge >= 0.3 is 6.03 Å². The molecule has 0 saturated carbocycles. The second-order valence-electron chi connectivity index (χ2n) is 6.63. The molecular formula is C21H26FN3O2. The van der Waals surface area contributed by atoms with Gasteiger partial charge in [-0.15, -0.1) is 0 Å². The molecule has 0 bridgehead atoms. The van der Waals surface area contributed by atoms with Crippen molar-refractivity contribution in [2.45, 2.75) is 39.9 Å². The van der Waals surface area contributed by atoms with E-state index in [0.29, 0.717) is 25.2 Å². The van der Waals surface area contributed by atoms with Gasteiger partial charge in [-0.2, -0.15) is 0 Å². The lowest BCUT2D eigenvalue weighted by molar-refractivity contribution is 0.0752. The van der Waals surface area contributed by atoms with Gasteiger partial charge in [0.25, 0.3) is 5.91 Å². The van der Waals surface area contributed by atoms with E-state index in [9.17, 15) is 14.0 Å². The van der Waals surface area contributed by atoms with E-state index >= 15 is 0 Å². The van der Waals surface area contributed by atoms with E-state index in [-0.39, 0.29) is 23.8 Å². The molecule has 0 aliphatic carbocycles. The fourth-order valence-corrected chi connectivity index (χ4v) is 2.63. The van der Waals surface area contributed by atoms with Crippen LogP contribution in [-0.2, 0) is 13.1 Å². The van der Waals surface area contributed by atoms with Gasteiger partial charge in [-0.3, -0.25) is 4.79 Å². The van der Waals surface area contributed by atoms with Crippen molar-refractivity contribution in [1.29, 1.82) is 0 Å². The van der Waals surface area contributed by atoms with Crippen LogP contribution in [0.5, 0.6) is 0 Å². The Hall–Kier alpha value is -2.89. The van der Waals surface area contributed by atoms with E-state index in [1.165, 1.54) is 12.1 Å². The molecule has 0 saturated heterocycles. The predicted molar refractivity (Wildman–Crippen MR) is 104 cm³/mol. The summed E-state index contributed by atoms with van der Waals surface area (Å²) in [6.07, 6.45) is 0. The van der Waals surface area contributed by atoms with Gasteiger partial charge in [-0.05, 0) is 56.2 Å². The fraction of sp³-hybridized carbons (Fsp3) is 0.333. The molecule has 2 aromatic carbocycles. The van der Waals surface area contributed by atoms with Crippen molar-refractivity contribution in [3.63, 3.8) is 0 Å². The van der Waals surface area contributed by atoms with Crippen LogP contribution in [0.15, 0.2) is 48.5 Å². The third-order valence-corrected chi connectivity index (χ3v) is 4.01. The van der Waals surface area contributed by atoms with Crippen molar-refractivity contribution in [1.82, 2.24) is 15.5 Å². The summed E-state index contributed by atoms with van der Waals surface area (Å²) in [4.78, 5) is 26.0. The van der Waals surface area contributed by atoms with E-state index in [0.717, 1.165) is 11.1 Å². The minimum atomic E-state index is -0.311. The van der Waals surface area contributed by atoms with Gasteiger partial charge in [0, 0.05) is 31.2 Å². The second kappa shape index (κ2) is 9.71. The maximum Gasteiger partial charge on any atom is 0.315 e. The normalized spacial score (nSPS) is 10.6. The first-order valence-corrected chi connectivity index (χ1v) is 9.06. The molecule has 2 N–H and O–H groups in total. The van der Waals surface area contributed by atoms with Gasteiger partial charge in [-0.25, -0.2) is 9.18 Å².